The van der Waals surface area contributed by atoms with Crippen molar-refractivity contribution >= 4 is 51.7 Å². The molecule has 10 atom stereocenters. The monoisotopic (exact) mass is 1010 g/mol. The summed E-state index contributed by atoms with van der Waals surface area (Å²) in [6.07, 6.45) is -13.9. The van der Waals surface area contributed by atoms with E-state index in [0.29, 0.717) is 0 Å². The number of halogens is 1. The van der Waals surface area contributed by atoms with Gasteiger partial charge < -0.3 is 42.6 Å². The first-order chi connectivity index (χ1) is 34.0. The molecule has 358 valence electrons. The molecular weight excluding hydrogens is 968 g/mol. The zero-order chi connectivity index (χ0) is 49.0. The molecule has 0 radical (unpaired) electrons. The molecule has 0 N–H and O–H groups in total. The summed E-state index contributed by atoms with van der Waals surface area (Å²) in [7, 11) is 0. The summed E-state index contributed by atoms with van der Waals surface area (Å²) in [5, 5.41) is -1.25. The lowest BCUT2D eigenvalue weighted by molar-refractivity contribution is -0.329. The Morgan fingerprint density at radius 2 is 0.700 bits per heavy atom. The van der Waals surface area contributed by atoms with Crippen LogP contribution >= 0.6 is 15.9 Å². The molecule has 8 rings (SSSR count). The van der Waals surface area contributed by atoms with Crippen LogP contribution in [0.5, 0.6) is 0 Å². The summed E-state index contributed by atoms with van der Waals surface area (Å²) < 4.78 is 56.3. The lowest BCUT2D eigenvalue weighted by atomic mass is 9.96. The Hall–Kier alpha value is -7.50. The molecule has 2 saturated heterocycles. The fourth-order valence-corrected chi connectivity index (χ4v) is 8.41. The Balaban J connectivity index is 1.22. The molecule has 0 spiro atoms. The van der Waals surface area contributed by atoms with Crippen molar-refractivity contribution in [3.05, 3.63) is 215 Å². The molecule has 6 aromatic rings. The highest BCUT2D eigenvalue weighted by atomic mass is 79.9. The maximum absolute atomic E-state index is 14.2. The van der Waals surface area contributed by atoms with Gasteiger partial charge >= 0.3 is 35.8 Å². The number of esters is 6. The average Bonchev–Trinajstić information content (AvgIpc) is 3.40. The summed E-state index contributed by atoms with van der Waals surface area (Å²) in [4.78, 5) is 83.5. The number of alkyl halides is 1. The van der Waals surface area contributed by atoms with Crippen LogP contribution in [0.3, 0.4) is 0 Å². The van der Waals surface area contributed by atoms with Crippen LogP contribution in [0.4, 0.5) is 0 Å². The number of carbonyl (C=O) groups excluding carboxylic acids is 6. The summed E-state index contributed by atoms with van der Waals surface area (Å²) >= 11 is 3.51. The second-order valence-electron chi connectivity index (χ2n) is 16.0. The lowest BCUT2D eigenvalue weighted by Gasteiger charge is -2.48. The van der Waals surface area contributed by atoms with Crippen LogP contribution in [0.1, 0.15) is 69.1 Å². The second-order valence-corrected chi connectivity index (χ2v) is 16.9. The van der Waals surface area contributed by atoms with E-state index in [4.69, 9.17) is 42.6 Å². The number of hydrogen-bond donors (Lipinski definition) is 0. The van der Waals surface area contributed by atoms with E-state index in [2.05, 4.69) is 15.9 Å². The van der Waals surface area contributed by atoms with Crippen molar-refractivity contribution in [1.82, 2.24) is 0 Å². The maximum Gasteiger partial charge on any atom is 0.338 e. The third kappa shape index (κ3) is 12.0. The van der Waals surface area contributed by atoms with Crippen LogP contribution in [-0.2, 0) is 42.6 Å². The molecule has 2 aliphatic rings. The Morgan fingerprint density at radius 3 is 1.09 bits per heavy atom. The number of carbonyl (C=O) groups is 6. The van der Waals surface area contributed by atoms with Gasteiger partial charge in [0.1, 0.15) is 18.8 Å². The van der Waals surface area contributed by atoms with Crippen molar-refractivity contribution in [1.29, 1.82) is 0 Å². The van der Waals surface area contributed by atoms with Gasteiger partial charge in [0.15, 0.2) is 41.8 Å². The molecule has 0 aromatic heterocycles. The van der Waals surface area contributed by atoms with Gasteiger partial charge in [0.2, 0.25) is 0 Å². The van der Waals surface area contributed by atoms with Crippen LogP contribution in [-0.4, -0.2) is 103 Å². The molecule has 0 saturated carbocycles. The predicted octanol–water partition coefficient (Wildman–Crippen LogP) is 8.22. The molecule has 0 bridgehead atoms. The number of ether oxygens (including phenoxy) is 9. The Kier molecular flexibility index (Phi) is 16.2. The molecule has 6 aromatic carbocycles. The van der Waals surface area contributed by atoms with Crippen molar-refractivity contribution in [3.63, 3.8) is 0 Å². The van der Waals surface area contributed by atoms with Gasteiger partial charge in [-0.1, -0.05) is 125 Å². The van der Waals surface area contributed by atoms with Crippen LogP contribution in [0, 0.1) is 0 Å². The van der Waals surface area contributed by atoms with Gasteiger partial charge in [0.05, 0.1) is 39.5 Å². The minimum absolute atomic E-state index is 0.0852. The summed E-state index contributed by atoms with van der Waals surface area (Å²) in [6.45, 7) is 1.01. The van der Waals surface area contributed by atoms with Crippen molar-refractivity contribution in [2.45, 2.75) is 67.1 Å². The van der Waals surface area contributed by atoms with Gasteiger partial charge in [-0.25, -0.2) is 28.8 Å². The Morgan fingerprint density at radius 1 is 0.386 bits per heavy atom. The van der Waals surface area contributed by atoms with Crippen molar-refractivity contribution < 1.29 is 71.4 Å². The fraction of sp³-hybridized carbons (Fsp3) is 0.222. The minimum Gasteiger partial charge on any atom is -0.459 e. The van der Waals surface area contributed by atoms with Gasteiger partial charge in [0, 0.05) is 0 Å². The molecule has 16 heteroatoms. The molecule has 70 heavy (non-hydrogen) atoms. The molecule has 2 heterocycles. The van der Waals surface area contributed by atoms with Crippen molar-refractivity contribution in [3.8, 4) is 0 Å². The number of hydrogen-bond acceptors (Lipinski definition) is 15. The lowest BCUT2D eigenvalue weighted by Crippen LogP contribution is -2.66. The Labute approximate surface area is 410 Å². The van der Waals surface area contributed by atoms with Gasteiger partial charge in [0.25, 0.3) is 0 Å². The van der Waals surface area contributed by atoms with Crippen LogP contribution in [0.15, 0.2) is 182 Å². The first-order valence-corrected chi connectivity index (χ1v) is 23.1. The highest BCUT2D eigenvalue weighted by molar-refractivity contribution is 9.09. The summed E-state index contributed by atoms with van der Waals surface area (Å²) in [6, 6.07) is 48.1. The van der Waals surface area contributed by atoms with E-state index in [1.807, 2.05) is 0 Å². The van der Waals surface area contributed by atoms with Crippen molar-refractivity contribution in [2.24, 2.45) is 0 Å². The maximum atomic E-state index is 14.2. The largest absolute Gasteiger partial charge is 0.459 e. The minimum atomic E-state index is -1.78. The van der Waals surface area contributed by atoms with Gasteiger partial charge in [-0.3, -0.25) is 0 Å². The van der Waals surface area contributed by atoms with E-state index in [1.165, 1.54) is 67.6 Å². The molecule has 0 amide bonds. The SMILES string of the molecule is C[C@@H]1O[C@@H](O[C@@H]2[C@@H](OC(=O)c3ccccc3)[C@@H](Br)O[C@H](COC(=O)c3ccccc3)[C@@H]2OC(=O)c2ccccc2)[C@H](OC(=O)c2ccccc2)[C@H](OC(=O)c2ccccc2)[C@H]1OC(=O)c1ccccc1. The number of rotatable bonds is 15. The smallest absolute Gasteiger partial charge is 0.338 e. The zero-order valence-electron chi connectivity index (χ0n) is 37.3. The standard InChI is InChI=1S/C54H45BrO15/c1-33-41(65-49(57)35-22-10-3-11-23-35)43(67-51(59)37-26-14-5-15-27-37)46(69-53(61)39-30-18-7-19-31-39)54(63-33)70-44-42(66-50(58)36-24-12-4-13-25-36)40(32-62-48(56)34-20-8-2-9-21-34)64-47(55)45(44)68-52(60)38-28-16-6-17-29-38/h2-31,33,40-47,54H,32H2,1H3/t33-,40+,41-,42-,43+,44-,45+,46+,47-,54-/m0/s1. The molecule has 2 fully saturated rings. The first kappa shape index (κ1) is 48.9. The van der Waals surface area contributed by atoms with Gasteiger partial charge in [-0.05, 0) is 79.7 Å². The molecule has 2 aliphatic heterocycles. The number of benzene rings is 6. The summed E-state index contributed by atoms with van der Waals surface area (Å²) in [5.41, 5.74) is 0.844. The van der Waals surface area contributed by atoms with E-state index in [1.54, 1.807) is 121 Å². The third-order valence-corrected chi connectivity index (χ3v) is 12.0. The zero-order valence-corrected chi connectivity index (χ0v) is 38.9. The van der Waals surface area contributed by atoms with E-state index in [-0.39, 0.29) is 33.4 Å². The van der Waals surface area contributed by atoms with Crippen LogP contribution < -0.4 is 0 Å². The van der Waals surface area contributed by atoms with E-state index in [9.17, 15) is 28.8 Å². The fourth-order valence-electron chi connectivity index (χ4n) is 7.73. The third-order valence-electron chi connectivity index (χ3n) is 11.2. The first-order valence-electron chi connectivity index (χ1n) is 22.2. The van der Waals surface area contributed by atoms with Crippen molar-refractivity contribution in [2.75, 3.05) is 6.61 Å². The predicted molar refractivity (Wildman–Crippen MR) is 252 cm³/mol. The van der Waals surface area contributed by atoms with E-state index >= 15 is 0 Å². The molecule has 15 nitrogen and oxygen atoms in total. The van der Waals surface area contributed by atoms with E-state index < -0.39 is 103 Å². The molecular formula is C54H45BrO15. The van der Waals surface area contributed by atoms with Crippen LogP contribution in [0.2, 0.25) is 0 Å². The van der Waals surface area contributed by atoms with Gasteiger partial charge in [-0.15, -0.1) is 0 Å². The highest BCUT2D eigenvalue weighted by Crippen LogP contribution is 2.37. The topological polar surface area (TPSA) is 185 Å². The molecule has 0 aliphatic carbocycles. The highest BCUT2D eigenvalue weighted by Gasteiger charge is 2.57. The van der Waals surface area contributed by atoms with Gasteiger partial charge in [-0.2, -0.15) is 0 Å². The van der Waals surface area contributed by atoms with Crippen LogP contribution in [0.25, 0.3) is 0 Å². The second kappa shape index (κ2) is 23.2. The molecule has 0 unspecified atom stereocenters. The Bertz CT molecular complexity index is 2710. The summed E-state index contributed by atoms with van der Waals surface area (Å²) in [5.74, 6) is -5.03. The quantitative estimate of drug-likeness (QED) is 0.0544. The van der Waals surface area contributed by atoms with E-state index in [0.717, 1.165) is 0 Å². The average molecular weight is 1010 g/mol. The normalized spacial score (nSPS) is 23.9.